The van der Waals surface area contributed by atoms with Crippen LogP contribution in [0.3, 0.4) is 0 Å². The van der Waals surface area contributed by atoms with Gasteiger partial charge in [0.15, 0.2) is 0 Å². The maximum Gasteiger partial charge on any atom is 0.339 e. The Morgan fingerprint density at radius 1 is 0.324 bits per heavy atom. The van der Waals surface area contributed by atoms with Crippen molar-refractivity contribution in [1.82, 2.24) is 0 Å². The lowest BCUT2D eigenvalue weighted by atomic mass is 9.99. The van der Waals surface area contributed by atoms with Gasteiger partial charge in [0.25, 0.3) is 0 Å². The molecule has 8 aromatic rings. The molecule has 0 aliphatic carbocycles. The molecule has 108 heavy (non-hydrogen) atoms. The Kier molecular flexibility index (Phi) is 40.6. The van der Waals surface area contributed by atoms with Gasteiger partial charge in [-0.25, -0.2) is 38.4 Å². The quantitative estimate of drug-likeness (QED) is 0.0178. The summed E-state index contributed by atoms with van der Waals surface area (Å²) in [5.41, 5.74) is 7.67. The second-order valence-corrected chi connectivity index (χ2v) is 49.4. The highest BCUT2D eigenvalue weighted by Gasteiger charge is 2.28. The third kappa shape index (κ3) is 33.2. The zero-order valence-corrected chi connectivity index (χ0v) is 70.7. The van der Waals surface area contributed by atoms with Crippen LogP contribution in [0.2, 0.25) is 77.1 Å². The third-order valence-electron chi connectivity index (χ3n) is 15.5. The molecule has 24 heteroatoms. The number of aliphatic hydroxyl groups excluding tert-OH is 1. The van der Waals surface area contributed by atoms with Gasteiger partial charge in [0.1, 0.15) is 0 Å². The largest absolute Gasteiger partial charge is 0.478 e. The average molecular weight is 1600 g/mol. The fourth-order valence-electron chi connectivity index (χ4n) is 10.0. The minimum Gasteiger partial charge on any atom is -0.478 e. The van der Waals surface area contributed by atoms with Crippen LogP contribution in [0.5, 0.6) is 0 Å². The van der Waals surface area contributed by atoms with E-state index >= 15 is 0 Å². The van der Waals surface area contributed by atoms with Crippen molar-refractivity contribution in [2.24, 2.45) is 0 Å². The fraction of sp³-hybridized carbons (Fsp3) is 0.333. The van der Waals surface area contributed by atoms with E-state index in [-0.39, 0.29) is 40.8 Å². The lowest BCUT2D eigenvalue weighted by Gasteiger charge is -2.17. The zero-order chi connectivity index (χ0) is 79.6. The second-order valence-electron chi connectivity index (χ2n) is 28.3. The van der Waals surface area contributed by atoms with Crippen molar-refractivity contribution in [1.29, 1.82) is 0 Å². The van der Waals surface area contributed by atoms with Crippen LogP contribution in [0, 0.1) is 27.7 Å². The van der Waals surface area contributed by atoms with Crippen molar-refractivity contribution in [2.75, 3.05) is 48.3 Å². The van der Waals surface area contributed by atoms with Crippen molar-refractivity contribution in [3.05, 3.63) is 259 Å². The zero-order valence-electron chi connectivity index (χ0n) is 64.4. The molecule has 0 aliphatic heterocycles. The van der Waals surface area contributed by atoms with Crippen molar-refractivity contribution >= 4 is 119 Å². The molecule has 3 N–H and O–H groups in total. The summed E-state index contributed by atoms with van der Waals surface area (Å²) < 4.78 is 30.4. The fourth-order valence-corrected chi connectivity index (χ4v) is 15.7. The summed E-state index contributed by atoms with van der Waals surface area (Å²) in [6, 6.07) is 56.1. The van der Waals surface area contributed by atoms with Crippen LogP contribution in [-0.4, -0.2) is 136 Å². The van der Waals surface area contributed by atoms with Crippen molar-refractivity contribution in [3.8, 4) is 0 Å². The van der Waals surface area contributed by atoms with Gasteiger partial charge >= 0.3 is 47.8 Å². The number of methoxy groups -OCH3 is 4. The maximum atomic E-state index is 12.9. The van der Waals surface area contributed by atoms with E-state index in [4.69, 9.17) is 33.5 Å². The number of carboxylic acids is 2. The molecule has 0 bridgehead atoms. The van der Waals surface area contributed by atoms with Gasteiger partial charge in [0.2, 0.25) is 0 Å². The van der Waals surface area contributed by atoms with Crippen molar-refractivity contribution in [2.45, 2.75) is 155 Å². The van der Waals surface area contributed by atoms with Gasteiger partial charge in [-0.1, -0.05) is 163 Å². The third-order valence-corrected chi connectivity index (χ3v) is 24.9. The van der Waals surface area contributed by atoms with Gasteiger partial charge in [-0.2, -0.15) is 0 Å². The number of esters is 6. The Morgan fingerprint density at radius 2 is 0.574 bits per heavy atom. The first kappa shape index (κ1) is 93.7. The standard InChI is InChI=1S/2C22H28O4SSi.2C17H16O4S.C5H14OSi.CH4/c1-16-13-17(15-27-18-9-7-6-8-10-18)20(22(24)25-2)19(14-16)21(23)26-11-12-28(3,4)5;1-16-13-17(15-27-18-9-7-6-8-10-18)20(19(14-16)21(23)25-2)22(24)26-11-12-28(3,4)5;1-11-8-12(10-22-13-6-4-3-5-7-13)15(16(18)19)14(9-11)17(20)21-2;1-11-8-12(10-22-13-6-4-3-5-7-13)15(17(20)21-2)14(9-11)16(18)19;1-7(2,3)5-4-6;/h2*6-10,13-14H,11-12,15H2,1-5H3;2*3-9H,10H2,1-2H3,(H,18,19);6H,4-5H2,1-3H3;1H4. The topological polar surface area (TPSA) is 253 Å². The van der Waals surface area contributed by atoms with Crippen LogP contribution in [0.15, 0.2) is 189 Å². The molecule has 0 saturated carbocycles. The van der Waals surface area contributed by atoms with E-state index < -0.39 is 72.0 Å². The molecule has 580 valence electrons. The molecule has 8 rings (SSSR count). The van der Waals surface area contributed by atoms with E-state index in [1.807, 2.05) is 167 Å². The molecule has 0 amide bonds. The summed E-state index contributed by atoms with van der Waals surface area (Å²) in [7, 11) is 1.61. The van der Waals surface area contributed by atoms with E-state index in [0.29, 0.717) is 65.1 Å². The van der Waals surface area contributed by atoms with Crippen molar-refractivity contribution in [3.63, 3.8) is 0 Å². The van der Waals surface area contributed by atoms with Gasteiger partial charge in [0.05, 0.1) is 86.2 Å². The van der Waals surface area contributed by atoms with Gasteiger partial charge < -0.3 is 43.7 Å². The summed E-state index contributed by atoms with van der Waals surface area (Å²) in [6.45, 7) is 28.7. The predicted molar refractivity (Wildman–Crippen MR) is 447 cm³/mol. The number of hydrogen-bond donors (Lipinski definition) is 3. The first-order valence-corrected chi connectivity index (χ1v) is 49.6. The van der Waals surface area contributed by atoms with Gasteiger partial charge in [-0.3, -0.25) is 0 Å². The highest BCUT2D eigenvalue weighted by Crippen LogP contribution is 2.33. The van der Waals surface area contributed by atoms with Crippen LogP contribution in [-0.2, 0) is 51.4 Å². The monoisotopic (exact) mass is 1600 g/mol. The molecule has 0 atom stereocenters. The molecule has 0 aliphatic rings. The Balaban J connectivity index is 0.000000363. The summed E-state index contributed by atoms with van der Waals surface area (Å²) >= 11 is 6.30. The second kappa shape index (κ2) is 46.8. The number of rotatable bonds is 28. The minimum atomic E-state index is -1.32. The number of aryl methyl sites for hydroxylation is 4. The molecule has 0 radical (unpaired) electrons. The van der Waals surface area contributed by atoms with Gasteiger partial charge in [-0.05, 0) is 163 Å². The molecule has 8 aromatic carbocycles. The van der Waals surface area contributed by atoms with E-state index in [1.165, 1.54) is 46.3 Å². The number of carbonyl (C=O) groups excluding carboxylic acids is 6. The van der Waals surface area contributed by atoms with Crippen LogP contribution in [0.1, 0.15) is 135 Å². The molecule has 0 fully saturated rings. The number of ether oxygens (including phenoxy) is 6. The van der Waals surface area contributed by atoms with Gasteiger partial charge in [0, 0.05) is 73.4 Å². The Bertz CT molecular complexity index is 4260. The minimum absolute atomic E-state index is 0. The van der Waals surface area contributed by atoms with Crippen molar-refractivity contribution < 1.29 is 82.1 Å². The Labute approximate surface area is 658 Å². The van der Waals surface area contributed by atoms with E-state index in [1.54, 1.807) is 59.6 Å². The van der Waals surface area contributed by atoms with E-state index in [0.717, 1.165) is 71.1 Å². The summed E-state index contributed by atoms with van der Waals surface area (Å²) in [6.07, 6.45) is 0. The van der Waals surface area contributed by atoms with Crippen LogP contribution < -0.4 is 0 Å². The molecule has 0 saturated heterocycles. The number of benzene rings is 8. The highest BCUT2D eigenvalue weighted by atomic mass is 32.2. The predicted octanol–water partition coefficient (Wildman–Crippen LogP) is 20.6. The number of thioether (sulfide) groups is 4. The van der Waals surface area contributed by atoms with Crippen LogP contribution >= 0.6 is 47.0 Å². The van der Waals surface area contributed by atoms with Crippen LogP contribution in [0.4, 0.5) is 0 Å². The number of aliphatic hydroxyl groups is 1. The highest BCUT2D eigenvalue weighted by molar-refractivity contribution is 7.99. The first-order valence-electron chi connectivity index (χ1n) is 34.5. The molecule has 0 aromatic heterocycles. The normalized spacial score (nSPS) is 10.8. The lowest BCUT2D eigenvalue weighted by Crippen LogP contribution is -2.23. The molecular weight excluding hydrogens is 1490 g/mol. The number of aromatic carboxylic acids is 2. The molecule has 0 unspecified atom stereocenters. The number of carboxylic acid groups (broad SMARTS) is 2. The molecule has 0 heterocycles. The van der Waals surface area contributed by atoms with E-state index in [2.05, 4.69) is 58.9 Å². The molecule has 17 nitrogen and oxygen atoms in total. The lowest BCUT2D eigenvalue weighted by molar-refractivity contribution is 0.0499. The Hall–Kier alpha value is -8.47. The van der Waals surface area contributed by atoms with E-state index in [9.17, 15) is 48.6 Å². The van der Waals surface area contributed by atoms with Gasteiger partial charge in [-0.15, -0.1) is 47.0 Å². The maximum absolute atomic E-state index is 12.9. The average Bonchev–Trinajstić information content (AvgIpc) is 0.846. The molecule has 0 spiro atoms. The van der Waals surface area contributed by atoms with Crippen LogP contribution in [0.25, 0.3) is 0 Å². The number of hydrogen-bond acceptors (Lipinski definition) is 19. The summed E-state index contributed by atoms with van der Waals surface area (Å²) in [4.78, 5) is 102. The Morgan fingerprint density at radius 3 is 0.833 bits per heavy atom. The summed E-state index contributed by atoms with van der Waals surface area (Å²) in [5, 5.41) is 27.2. The molecular formula is C84H106O17S4Si3. The first-order chi connectivity index (χ1) is 50.5. The number of carbonyl (C=O) groups is 8. The SMILES string of the molecule is C.COC(=O)c1c(CSc2ccccc2)cc(C)cc1C(=O)O.COC(=O)c1c(CSc2ccccc2)cc(C)cc1C(=O)OCC[Si](C)(C)C.COC(=O)c1cc(C)cc(CSc2ccccc2)c1C(=O)O.COC(=O)c1cc(C)cc(CSc2ccccc2)c1C(=O)OCC[Si](C)(C)C.C[Si](C)(C)CCO. The smallest absolute Gasteiger partial charge is 0.339 e. The summed E-state index contributed by atoms with van der Waals surface area (Å²) in [5.74, 6) is -3.37.